The molecule has 0 aliphatic rings. The first kappa shape index (κ1) is 13.4. The molecule has 3 rings (SSSR count). The zero-order valence-electron chi connectivity index (χ0n) is 10.9. The van der Waals surface area contributed by atoms with Crippen LogP contribution in [-0.4, -0.2) is 16.1 Å². The first-order chi connectivity index (χ1) is 10.1. The Kier molecular flexibility index (Phi) is 3.46. The molecule has 5 heteroatoms. The summed E-state index contributed by atoms with van der Waals surface area (Å²) in [6.07, 6.45) is 0. The lowest BCUT2D eigenvalue weighted by Gasteiger charge is -2.08. The van der Waals surface area contributed by atoms with Crippen LogP contribution < -0.4 is 5.32 Å². The largest absolute Gasteiger partial charge is 0.478 e. The van der Waals surface area contributed by atoms with Crippen LogP contribution in [0.1, 0.15) is 10.4 Å². The third-order valence-corrected chi connectivity index (χ3v) is 3.38. The van der Waals surface area contributed by atoms with E-state index in [1.807, 2.05) is 36.4 Å². The summed E-state index contributed by atoms with van der Waals surface area (Å²) < 4.78 is 0. The van der Waals surface area contributed by atoms with Gasteiger partial charge < -0.3 is 10.4 Å². The summed E-state index contributed by atoms with van der Waals surface area (Å²) >= 11 is 5.94. The molecule has 21 heavy (non-hydrogen) atoms. The lowest BCUT2D eigenvalue weighted by molar-refractivity contribution is 0.0697. The summed E-state index contributed by atoms with van der Waals surface area (Å²) in [7, 11) is 0. The average molecular weight is 299 g/mol. The number of benzene rings is 2. The number of nitrogens with one attached hydrogen (secondary N) is 1. The number of halogens is 1. The molecule has 0 saturated carbocycles. The number of carboxylic acids is 1. The number of anilines is 2. The quantitative estimate of drug-likeness (QED) is 0.755. The second-order valence-electron chi connectivity index (χ2n) is 4.51. The van der Waals surface area contributed by atoms with Gasteiger partial charge in [0, 0.05) is 11.1 Å². The highest BCUT2D eigenvalue weighted by Gasteiger charge is 2.09. The fourth-order valence-electron chi connectivity index (χ4n) is 2.05. The van der Waals surface area contributed by atoms with Crippen LogP contribution in [0.4, 0.5) is 11.5 Å². The first-order valence-corrected chi connectivity index (χ1v) is 6.67. The van der Waals surface area contributed by atoms with Crippen molar-refractivity contribution < 1.29 is 9.90 Å². The molecule has 0 spiro atoms. The zero-order valence-corrected chi connectivity index (χ0v) is 11.6. The summed E-state index contributed by atoms with van der Waals surface area (Å²) in [6.45, 7) is 0. The lowest BCUT2D eigenvalue weighted by atomic mass is 10.2. The molecule has 0 unspecified atom stereocenters. The number of carboxylic acid groups (broad SMARTS) is 1. The number of nitrogens with zero attached hydrogens (tertiary/aromatic N) is 1. The Hall–Kier alpha value is -2.59. The van der Waals surface area contributed by atoms with E-state index in [9.17, 15) is 4.79 Å². The van der Waals surface area contributed by atoms with Crippen LogP contribution in [0.15, 0.2) is 54.6 Å². The predicted molar refractivity (Wildman–Crippen MR) is 83.4 cm³/mol. The maximum Gasteiger partial charge on any atom is 0.337 e. The van der Waals surface area contributed by atoms with Crippen LogP contribution in [0.5, 0.6) is 0 Å². The Balaban J connectivity index is 1.91. The summed E-state index contributed by atoms with van der Waals surface area (Å²) in [5, 5.41) is 13.3. The number of hydrogen-bond donors (Lipinski definition) is 2. The van der Waals surface area contributed by atoms with Crippen molar-refractivity contribution in [2.24, 2.45) is 0 Å². The number of carbonyl (C=O) groups is 1. The maximum atomic E-state index is 10.9. The number of aromatic nitrogens is 1. The molecule has 0 bridgehead atoms. The third kappa shape index (κ3) is 2.80. The molecule has 1 aromatic heterocycles. The van der Waals surface area contributed by atoms with E-state index < -0.39 is 5.97 Å². The van der Waals surface area contributed by atoms with Crippen molar-refractivity contribution in [1.29, 1.82) is 0 Å². The van der Waals surface area contributed by atoms with E-state index >= 15 is 0 Å². The van der Waals surface area contributed by atoms with Crippen molar-refractivity contribution >= 4 is 40.0 Å². The molecule has 0 aliphatic heterocycles. The number of pyridine rings is 1. The van der Waals surface area contributed by atoms with Crippen LogP contribution in [0, 0.1) is 0 Å². The average Bonchev–Trinajstić information content (AvgIpc) is 2.47. The summed E-state index contributed by atoms with van der Waals surface area (Å²) in [4.78, 5) is 15.4. The van der Waals surface area contributed by atoms with E-state index in [0.29, 0.717) is 11.5 Å². The Morgan fingerprint density at radius 2 is 1.90 bits per heavy atom. The number of para-hydroxylation sites is 1. The number of hydrogen-bond acceptors (Lipinski definition) is 3. The van der Waals surface area contributed by atoms with Gasteiger partial charge in [0.25, 0.3) is 0 Å². The molecule has 0 fully saturated rings. The van der Waals surface area contributed by atoms with Gasteiger partial charge in [0.15, 0.2) is 0 Å². The van der Waals surface area contributed by atoms with E-state index in [0.717, 1.165) is 10.9 Å². The maximum absolute atomic E-state index is 10.9. The summed E-state index contributed by atoms with van der Waals surface area (Å²) in [6, 6.07) is 16.3. The fraction of sp³-hybridized carbons (Fsp3) is 0. The van der Waals surface area contributed by atoms with E-state index in [1.165, 1.54) is 6.07 Å². The normalized spacial score (nSPS) is 10.5. The molecule has 0 saturated heterocycles. The molecule has 3 aromatic rings. The van der Waals surface area contributed by atoms with E-state index in [2.05, 4.69) is 10.3 Å². The molecule has 0 aliphatic carbocycles. The van der Waals surface area contributed by atoms with Crippen molar-refractivity contribution in [2.45, 2.75) is 0 Å². The number of rotatable bonds is 3. The third-order valence-electron chi connectivity index (χ3n) is 3.07. The first-order valence-electron chi connectivity index (χ1n) is 6.29. The van der Waals surface area contributed by atoms with Crippen LogP contribution in [0.25, 0.3) is 10.9 Å². The van der Waals surface area contributed by atoms with Crippen LogP contribution >= 0.6 is 11.6 Å². The topological polar surface area (TPSA) is 62.2 Å². The minimum Gasteiger partial charge on any atom is -0.478 e. The lowest BCUT2D eigenvalue weighted by Crippen LogP contribution is -1.99. The van der Waals surface area contributed by atoms with E-state index in [4.69, 9.17) is 16.7 Å². The minimum absolute atomic E-state index is 0.0775. The highest BCUT2D eigenvalue weighted by Crippen LogP contribution is 2.24. The highest BCUT2D eigenvalue weighted by atomic mass is 35.5. The molecular formula is C16H11ClN2O2. The second kappa shape index (κ2) is 5.42. The van der Waals surface area contributed by atoms with Crippen molar-refractivity contribution in [2.75, 3.05) is 5.32 Å². The van der Waals surface area contributed by atoms with E-state index in [-0.39, 0.29) is 10.6 Å². The van der Waals surface area contributed by atoms with Gasteiger partial charge in [-0.1, -0.05) is 29.8 Å². The number of fused-ring (bicyclic) bond motifs is 1. The number of aromatic carboxylic acids is 1. The van der Waals surface area contributed by atoms with Crippen LogP contribution in [0.2, 0.25) is 5.02 Å². The molecule has 0 radical (unpaired) electrons. The highest BCUT2D eigenvalue weighted by molar-refractivity contribution is 6.33. The van der Waals surface area contributed by atoms with Gasteiger partial charge >= 0.3 is 5.97 Å². The minimum atomic E-state index is -1.05. The summed E-state index contributed by atoms with van der Waals surface area (Å²) in [5.41, 5.74) is 1.65. The van der Waals surface area contributed by atoms with Crippen molar-refractivity contribution in [3.8, 4) is 0 Å². The smallest absolute Gasteiger partial charge is 0.337 e. The van der Waals surface area contributed by atoms with Gasteiger partial charge in [0.05, 0.1) is 16.1 Å². The second-order valence-corrected chi connectivity index (χ2v) is 4.92. The van der Waals surface area contributed by atoms with Gasteiger partial charge in [-0.3, -0.25) is 0 Å². The van der Waals surface area contributed by atoms with Gasteiger partial charge in [-0.05, 0) is 36.4 Å². The fourth-order valence-corrected chi connectivity index (χ4v) is 2.31. The van der Waals surface area contributed by atoms with E-state index in [1.54, 1.807) is 12.1 Å². The zero-order chi connectivity index (χ0) is 14.8. The molecule has 2 N–H and O–H groups in total. The van der Waals surface area contributed by atoms with Gasteiger partial charge in [-0.15, -0.1) is 0 Å². The van der Waals surface area contributed by atoms with Crippen molar-refractivity contribution in [3.05, 3.63) is 65.2 Å². The molecule has 0 atom stereocenters. The molecule has 104 valence electrons. The molecular weight excluding hydrogens is 288 g/mol. The Morgan fingerprint density at radius 3 is 2.67 bits per heavy atom. The molecule has 1 heterocycles. The Labute approximate surface area is 126 Å². The van der Waals surface area contributed by atoms with Crippen LogP contribution in [0.3, 0.4) is 0 Å². The molecule has 4 nitrogen and oxygen atoms in total. The van der Waals surface area contributed by atoms with Crippen LogP contribution in [-0.2, 0) is 0 Å². The summed E-state index contributed by atoms with van der Waals surface area (Å²) in [5.74, 6) is -0.372. The monoisotopic (exact) mass is 298 g/mol. The van der Waals surface area contributed by atoms with Gasteiger partial charge in [-0.25, -0.2) is 9.78 Å². The van der Waals surface area contributed by atoms with Gasteiger partial charge in [-0.2, -0.15) is 0 Å². The predicted octanol–water partition coefficient (Wildman–Crippen LogP) is 4.33. The Bertz CT molecular complexity index is 833. The van der Waals surface area contributed by atoms with Gasteiger partial charge in [0.1, 0.15) is 5.82 Å². The molecule has 2 aromatic carbocycles. The standard InChI is InChI=1S/C16H11ClN2O2/c17-13-9-11(6-7-12(13)16(20)21)18-15-8-5-10-3-1-2-4-14(10)19-15/h1-9H,(H,18,19)(H,20,21). The van der Waals surface area contributed by atoms with Gasteiger partial charge in [0.2, 0.25) is 0 Å². The Morgan fingerprint density at radius 1 is 1.10 bits per heavy atom. The molecule has 0 amide bonds. The van der Waals surface area contributed by atoms with Crippen molar-refractivity contribution in [1.82, 2.24) is 4.98 Å². The van der Waals surface area contributed by atoms with Crippen molar-refractivity contribution in [3.63, 3.8) is 0 Å². The SMILES string of the molecule is O=C(O)c1ccc(Nc2ccc3ccccc3n2)cc1Cl.